The molecule has 0 aromatic carbocycles. The van der Waals surface area contributed by atoms with E-state index in [0.29, 0.717) is 28.4 Å². The number of ketones is 1. The Hall–Kier alpha value is -1.12. The first-order chi connectivity index (χ1) is 16.0. The van der Waals surface area contributed by atoms with Gasteiger partial charge in [0.15, 0.2) is 5.78 Å². The first-order valence-corrected chi connectivity index (χ1v) is 14.4. The third-order valence-corrected chi connectivity index (χ3v) is 13.0. The van der Waals surface area contributed by atoms with Gasteiger partial charge in [-0.1, -0.05) is 61.0 Å². The summed E-state index contributed by atoms with van der Waals surface area (Å²) >= 11 is 0. The zero-order valence-electron chi connectivity index (χ0n) is 24.0. The molecule has 0 aliphatic heterocycles. The molecule has 8 atom stereocenters. The quantitative estimate of drug-likeness (QED) is 0.357. The van der Waals surface area contributed by atoms with Crippen LogP contribution in [0.2, 0.25) is 0 Å². The van der Waals surface area contributed by atoms with Gasteiger partial charge < -0.3 is 4.74 Å². The number of rotatable bonds is 1. The van der Waals surface area contributed by atoms with Gasteiger partial charge in [0.1, 0.15) is 6.10 Å². The minimum atomic E-state index is -0.179. The molecule has 5 rings (SSSR count). The van der Waals surface area contributed by atoms with Gasteiger partial charge in [-0.05, 0) is 103 Å². The molecule has 0 bridgehead atoms. The van der Waals surface area contributed by atoms with E-state index >= 15 is 0 Å². The van der Waals surface area contributed by atoms with Crippen LogP contribution in [-0.4, -0.2) is 17.9 Å². The van der Waals surface area contributed by atoms with Gasteiger partial charge in [-0.3, -0.25) is 9.59 Å². The maximum Gasteiger partial charge on any atom is 0.302 e. The predicted octanol–water partition coefficient (Wildman–Crippen LogP) is 7.92. The molecule has 0 aromatic heterocycles. The van der Waals surface area contributed by atoms with Crippen LogP contribution in [0.3, 0.4) is 0 Å². The highest BCUT2D eigenvalue weighted by atomic mass is 16.5. The van der Waals surface area contributed by atoms with Crippen molar-refractivity contribution in [1.82, 2.24) is 0 Å². The highest BCUT2D eigenvalue weighted by molar-refractivity contribution is 5.95. The fourth-order valence-corrected chi connectivity index (χ4v) is 10.7. The monoisotopic (exact) mass is 482 g/mol. The minimum Gasteiger partial charge on any atom is -0.462 e. The average molecular weight is 483 g/mol. The lowest BCUT2D eigenvalue weighted by atomic mass is 9.33. The van der Waals surface area contributed by atoms with Gasteiger partial charge in [-0.15, -0.1) is 0 Å². The van der Waals surface area contributed by atoms with E-state index < -0.39 is 0 Å². The van der Waals surface area contributed by atoms with E-state index in [1.165, 1.54) is 44.6 Å². The van der Waals surface area contributed by atoms with E-state index in [4.69, 9.17) is 4.74 Å². The lowest BCUT2D eigenvalue weighted by Gasteiger charge is -2.70. The van der Waals surface area contributed by atoms with Gasteiger partial charge in [0, 0.05) is 18.3 Å². The first-order valence-electron chi connectivity index (χ1n) is 14.4. The Kier molecular flexibility index (Phi) is 5.45. The van der Waals surface area contributed by atoms with Gasteiger partial charge >= 0.3 is 5.97 Å². The number of hydrogen-bond donors (Lipinski definition) is 0. The van der Waals surface area contributed by atoms with Crippen LogP contribution in [0, 0.1) is 50.2 Å². The van der Waals surface area contributed by atoms with E-state index in [1.54, 1.807) is 0 Å². The molecular weight excluding hydrogens is 432 g/mol. The molecule has 0 amide bonds. The van der Waals surface area contributed by atoms with Gasteiger partial charge in [-0.2, -0.15) is 0 Å². The van der Waals surface area contributed by atoms with Crippen LogP contribution in [-0.2, 0) is 14.3 Å². The number of ether oxygens (including phenoxy) is 1. The maximum atomic E-state index is 14.3. The molecule has 5 aliphatic carbocycles. The number of allylic oxidation sites excluding steroid dienone is 2. The molecule has 4 fully saturated rings. The summed E-state index contributed by atoms with van der Waals surface area (Å²) in [6.07, 6.45) is 12.5. The SMILES string of the molecule is CC(=O)O[C@H]1CC[C@@]2(C)C(CC[C@]3(C)[C@@H]2C(=O)C=C2[C@@H]4CC(C)(C)CC[C@]4(C)CC[C@]23C)C1(C)C. The highest BCUT2D eigenvalue weighted by Crippen LogP contribution is 2.75. The number of carbonyl (C=O) groups is 2. The Morgan fingerprint density at radius 1 is 0.886 bits per heavy atom. The van der Waals surface area contributed by atoms with Crippen molar-refractivity contribution in [3.63, 3.8) is 0 Å². The number of esters is 1. The van der Waals surface area contributed by atoms with Crippen LogP contribution >= 0.6 is 0 Å². The van der Waals surface area contributed by atoms with Crippen LogP contribution in [0.1, 0.15) is 120 Å². The zero-order chi connectivity index (χ0) is 25.8. The Labute approximate surface area is 214 Å². The third-order valence-electron chi connectivity index (χ3n) is 13.0. The summed E-state index contributed by atoms with van der Waals surface area (Å²) in [7, 11) is 0. The van der Waals surface area contributed by atoms with Crippen LogP contribution in [0.15, 0.2) is 11.6 Å². The molecule has 35 heavy (non-hydrogen) atoms. The highest BCUT2D eigenvalue weighted by Gasteiger charge is 2.70. The average Bonchev–Trinajstić information content (AvgIpc) is 2.72. The standard InChI is InChI=1S/C32H50O3/c1-20(33)35-25-11-12-30(7)24(28(25,4)5)10-13-32(9)26(30)23(34)18-21-22-19-27(2,3)14-15-29(22,6)16-17-31(21,32)8/h18,22,24-26H,10-17,19H2,1-9H3/t22-,24?,25-,26+,29+,30-,31+,32+/m0/s1. The maximum absolute atomic E-state index is 14.3. The van der Waals surface area contributed by atoms with Crippen molar-refractivity contribution in [2.75, 3.05) is 0 Å². The van der Waals surface area contributed by atoms with Gasteiger partial charge in [0.05, 0.1) is 0 Å². The van der Waals surface area contributed by atoms with Gasteiger partial charge in [0.25, 0.3) is 0 Å². The van der Waals surface area contributed by atoms with Crippen molar-refractivity contribution in [2.45, 2.75) is 126 Å². The van der Waals surface area contributed by atoms with Crippen LogP contribution in [0.25, 0.3) is 0 Å². The molecule has 5 aliphatic rings. The summed E-state index contributed by atoms with van der Waals surface area (Å²) in [6, 6.07) is 0. The van der Waals surface area contributed by atoms with Gasteiger partial charge in [0.2, 0.25) is 0 Å². The normalized spacial score (nSPS) is 50.1. The van der Waals surface area contributed by atoms with Crippen molar-refractivity contribution in [2.24, 2.45) is 50.2 Å². The van der Waals surface area contributed by atoms with E-state index in [0.717, 1.165) is 25.7 Å². The van der Waals surface area contributed by atoms with Crippen LogP contribution in [0.4, 0.5) is 0 Å². The molecule has 0 aromatic rings. The van der Waals surface area contributed by atoms with E-state index in [9.17, 15) is 9.59 Å². The fourth-order valence-electron chi connectivity index (χ4n) is 10.7. The predicted molar refractivity (Wildman–Crippen MR) is 141 cm³/mol. The number of hydrogen-bond acceptors (Lipinski definition) is 3. The third kappa shape index (κ3) is 3.34. The van der Waals surface area contributed by atoms with Crippen LogP contribution < -0.4 is 0 Å². The summed E-state index contributed by atoms with van der Waals surface area (Å²) in [5, 5.41) is 0. The number of fused-ring (bicyclic) bond motifs is 7. The lowest BCUT2D eigenvalue weighted by molar-refractivity contribution is -0.210. The zero-order valence-corrected chi connectivity index (χ0v) is 24.0. The molecule has 3 heteroatoms. The molecule has 0 heterocycles. The number of carbonyl (C=O) groups excluding carboxylic acids is 2. The smallest absolute Gasteiger partial charge is 0.302 e. The molecule has 0 N–H and O–H groups in total. The molecule has 4 saturated carbocycles. The summed E-state index contributed by atoms with van der Waals surface area (Å²) in [6.45, 7) is 20.9. The fraction of sp³-hybridized carbons (Fsp3) is 0.875. The van der Waals surface area contributed by atoms with Crippen molar-refractivity contribution in [1.29, 1.82) is 0 Å². The topological polar surface area (TPSA) is 43.4 Å². The van der Waals surface area contributed by atoms with Crippen molar-refractivity contribution >= 4 is 11.8 Å². The molecular formula is C32H50O3. The second kappa shape index (κ2) is 7.47. The Morgan fingerprint density at radius 2 is 1.54 bits per heavy atom. The lowest BCUT2D eigenvalue weighted by Crippen LogP contribution is -2.66. The molecule has 0 saturated heterocycles. The first kappa shape index (κ1) is 25.5. The molecule has 0 spiro atoms. The summed E-state index contributed by atoms with van der Waals surface area (Å²) < 4.78 is 5.85. The second-order valence-electron chi connectivity index (χ2n) is 15.8. The van der Waals surface area contributed by atoms with E-state index in [1.807, 2.05) is 0 Å². The Balaban J connectivity index is 1.58. The van der Waals surface area contributed by atoms with Crippen molar-refractivity contribution in [3.05, 3.63) is 11.6 Å². The summed E-state index contributed by atoms with van der Waals surface area (Å²) in [5.41, 5.74) is 2.12. The minimum absolute atomic E-state index is 0.00726. The summed E-state index contributed by atoms with van der Waals surface area (Å²) in [5.74, 6) is 1.20. The van der Waals surface area contributed by atoms with Gasteiger partial charge in [-0.25, -0.2) is 0 Å². The second-order valence-corrected chi connectivity index (χ2v) is 15.8. The Morgan fingerprint density at radius 3 is 2.20 bits per heavy atom. The van der Waals surface area contributed by atoms with Crippen molar-refractivity contribution in [3.8, 4) is 0 Å². The van der Waals surface area contributed by atoms with E-state index in [2.05, 4.69) is 61.5 Å². The molecule has 1 unspecified atom stereocenters. The molecule has 196 valence electrons. The van der Waals surface area contributed by atoms with Crippen molar-refractivity contribution < 1.29 is 14.3 Å². The summed E-state index contributed by atoms with van der Waals surface area (Å²) in [4.78, 5) is 26.2. The molecule has 3 nitrogen and oxygen atoms in total. The largest absolute Gasteiger partial charge is 0.462 e. The van der Waals surface area contributed by atoms with Crippen LogP contribution in [0.5, 0.6) is 0 Å². The van der Waals surface area contributed by atoms with E-state index in [-0.39, 0.29) is 39.7 Å². The molecule has 0 radical (unpaired) electrons. The Bertz CT molecular complexity index is 973.